The fraction of sp³-hybridized carbons (Fsp3) is 0.500. The highest BCUT2D eigenvalue weighted by atomic mass is 79.9. The predicted molar refractivity (Wildman–Crippen MR) is 74.1 cm³/mol. The fourth-order valence-corrected chi connectivity index (χ4v) is 2.45. The minimum Gasteiger partial charge on any atom is -0.465 e. The summed E-state index contributed by atoms with van der Waals surface area (Å²) >= 11 is 3.45. The number of carbonyl (C=O) groups is 1. The average Bonchev–Trinajstić information content (AvgIpc) is 2.93. The van der Waals surface area contributed by atoms with Crippen LogP contribution in [0.5, 0.6) is 0 Å². The van der Waals surface area contributed by atoms with Gasteiger partial charge in [0, 0.05) is 17.0 Å². The number of carbonyl (C=O) groups excluding carboxylic acids is 1. The van der Waals surface area contributed by atoms with Crippen LogP contribution < -0.4 is 0 Å². The molecule has 1 fully saturated rings. The Morgan fingerprint density at radius 2 is 2.37 bits per heavy atom. The second kappa shape index (κ2) is 7.03. The zero-order valence-corrected chi connectivity index (χ0v) is 12.4. The molecule has 0 N–H and O–H groups in total. The highest BCUT2D eigenvalue weighted by Gasteiger charge is 2.16. The van der Waals surface area contributed by atoms with Gasteiger partial charge in [0.2, 0.25) is 0 Å². The maximum Gasteiger partial charge on any atom is 0.337 e. The van der Waals surface area contributed by atoms with E-state index in [9.17, 15) is 4.79 Å². The van der Waals surface area contributed by atoms with Crippen molar-refractivity contribution in [1.82, 2.24) is 0 Å². The normalized spacial score (nSPS) is 18.5. The van der Waals surface area contributed by atoms with Crippen molar-refractivity contribution >= 4 is 21.9 Å². The molecule has 4 nitrogen and oxygen atoms in total. The monoisotopic (exact) mass is 328 g/mol. The van der Waals surface area contributed by atoms with Crippen LogP contribution in [0.4, 0.5) is 0 Å². The molecule has 0 bridgehead atoms. The van der Waals surface area contributed by atoms with Gasteiger partial charge >= 0.3 is 5.97 Å². The van der Waals surface area contributed by atoms with E-state index < -0.39 is 0 Å². The van der Waals surface area contributed by atoms with E-state index in [4.69, 9.17) is 9.47 Å². The first-order valence-electron chi connectivity index (χ1n) is 6.23. The second-order valence-corrected chi connectivity index (χ2v) is 5.40. The highest BCUT2D eigenvalue weighted by Crippen LogP contribution is 2.21. The van der Waals surface area contributed by atoms with Crippen molar-refractivity contribution in [3.05, 3.63) is 33.8 Å². The van der Waals surface area contributed by atoms with E-state index in [0.717, 1.165) is 29.7 Å². The summed E-state index contributed by atoms with van der Waals surface area (Å²) in [5, 5.41) is 0. The van der Waals surface area contributed by atoms with Gasteiger partial charge in [-0.1, -0.05) is 22.0 Å². The molecule has 1 aromatic carbocycles. The molecule has 1 aliphatic rings. The number of halogens is 1. The molecule has 0 spiro atoms. The molecule has 2 rings (SSSR count). The molecule has 1 unspecified atom stereocenters. The summed E-state index contributed by atoms with van der Waals surface area (Å²) in [6.45, 7) is 2.87. The molecule has 0 aliphatic carbocycles. The number of ether oxygens (including phenoxy) is 3. The summed E-state index contributed by atoms with van der Waals surface area (Å²) in [5.41, 5.74) is 1.55. The number of benzene rings is 1. The van der Waals surface area contributed by atoms with Gasteiger partial charge in [0.25, 0.3) is 0 Å². The number of hydrogen-bond acceptors (Lipinski definition) is 4. The second-order valence-electron chi connectivity index (χ2n) is 4.54. The van der Waals surface area contributed by atoms with Gasteiger partial charge in [0.15, 0.2) is 0 Å². The van der Waals surface area contributed by atoms with E-state index >= 15 is 0 Å². The topological polar surface area (TPSA) is 44.8 Å². The molecule has 0 aromatic heterocycles. The SMILES string of the molecule is COC(=O)c1ccc(COCC2CCOC2)c(Br)c1. The Labute approximate surface area is 121 Å². The maximum absolute atomic E-state index is 11.4. The van der Waals surface area contributed by atoms with Gasteiger partial charge < -0.3 is 14.2 Å². The van der Waals surface area contributed by atoms with E-state index in [2.05, 4.69) is 20.7 Å². The summed E-state index contributed by atoms with van der Waals surface area (Å²) in [7, 11) is 1.37. The van der Waals surface area contributed by atoms with Gasteiger partial charge in [-0.15, -0.1) is 0 Å². The molecule has 0 saturated carbocycles. The maximum atomic E-state index is 11.4. The number of hydrogen-bond donors (Lipinski definition) is 0. The van der Waals surface area contributed by atoms with E-state index in [0.29, 0.717) is 24.7 Å². The third-order valence-corrected chi connectivity index (χ3v) is 3.85. The summed E-state index contributed by atoms with van der Waals surface area (Å²) in [4.78, 5) is 11.4. The molecule has 1 heterocycles. The molecule has 0 amide bonds. The van der Waals surface area contributed by atoms with Crippen LogP contribution in [0, 0.1) is 5.92 Å². The van der Waals surface area contributed by atoms with Crippen LogP contribution in [-0.4, -0.2) is 32.9 Å². The number of rotatable bonds is 5. The summed E-state index contributed by atoms with van der Waals surface area (Å²) in [6.07, 6.45) is 1.07. The van der Waals surface area contributed by atoms with Gasteiger partial charge in [0.1, 0.15) is 0 Å². The van der Waals surface area contributed by atoms with Crippen molar-refractivity contribution in [2.24, 2.45) is 5.92 Å². The lowest BCUT2D eigenvalue weighted by atomic mass is 10.1. The Morgan fingerprint density at radius 3 is 3.00 bits per heavy atom. The fourth-order valence-electron chi connectivity index (χ4n) is 1.96. The molecular weight excluding hydrogens is 312 g/mol. The standard InChI is InChI=1S/C14H17BrO4/c1-17-14(16)11-2-3-12(13(15)6-11)9-19-8-10-4-5-18-7-10/h2-3,6,10H,4-5,7-9H2,1H3. The Bertz CT molecular complexity index is 441. The van der Waals surface area contributed by atoms with E-state index in [1.807, 2.05) is 6.07 Å². The lowest BCUT2D eigenvalue weighted by Crippen LogP contribution is -2.09. The van der Waals surface area contributed by atoms with Crippen LogP contribution in [0.25, 0.3) is 0 Å². The highest BCUT2D eigenvalue weighted by molar-refractivity contribution is 9.10. The molecule has 19 heavy (non-hydrogen) atoms. The third kappa shape index (κ3) is 4.03. The van der Waals surface area contributed by atoms with Gasteiger partial charge in [-0.25, -0.2) is 4.79 Å². The van der Waals surface area contributed by atoms with Gasteiger partial charge in [-0.05, 0) is 24.1 Å². The Morgan fingerprint density at radius 1 is 1.53 bits per heavy atom. The van der Waals surface area contributed by atoms with Crippen molar-refractivity contribution in [3.63, 3.8) is 0 Å². The van der Waals surface area contributed by atoms with Gasteiger partial charge in [-0.2, -0.15) is 0 Å². The number of methoxy groups -OCH3 is 1. The Kier molecular flexibility index (Phi) is 5.36. The Hall–Kier alpha value is -0.910. The van der Waals surface area contributed by atoms with Crippen LogP contribution in [0.1, 0.15) is 22.3 Å². The van der Waals surface area contributed by atoms with Crippen LogP contribution in [0.3, 0.4) is 0 Å². The summed E-state index contributed by atoms with van der Waals surface area (Å²) in [6, 6.07) is 5.37. The molecule has 1 saturated heterocycles. The smallest absolute Gasteiger partial charge is 0.337 e. The zero-order valence-electron chi connectivity index (χ0n) is 10.9. The Balaban J connectivity index is 1.87. The molecule has 1 aliphatic heterocycles. The minimum absolute atomic E-state index is 0.337. The van der Waals surface area contributed by atoms with Gasteiger partial charge in [0.05, 0.1) is 32.5 Å². The lowest BCUT2D eigenvalue weighted by Gasteiger charge is -2.10. The minimum atomic E-state index is -0.337. The largest absolute Gasteiger partial charge is 0.465 e. The molecule has 0 radical (unpaired) electrons. The van der Waals surface area contributed by atoms with E-state index in [1.54, 1.807) is 12.1 Å². The molecule has 104 valence electrons. The molecular formula is C14H17BrO4. The van der Waals surface area contributed by atoms with E-state index in [-0.39, 0.29) is 5.97 Å². The van der Waals surface area contributed by atoms with Crippen LogP contribution in [0.15, 0.2) is 22.7 Å². The van der Waals surface area contributed by atoms with E-state index in [1.165, 1.54) is 7.11 Å². The van der Waals surface area contributed by atoms with Crippen LogP contribution >= 0.6 is 15.9 Å². The predicted octanol–water partition coefficient (Wildman–Crippen LogP) is 2.79. The van der Waals surface area contributed by atoms with Crippen LogP contribution in [0.2, 0.25) is 0 Å². The molecule has 5 heteroatoms. The zero-order chi connectivity index (χ0) is 13.7. The van der Waals surface area contributed by atoms with Crippen molar-refractivity contribution < 1.29 is 19.0 Å². The molecule has 1 atom stereocenters. The summed E-state index contributed by atoms with van der Waals surface area (Å²) < 4.78 is 16.5. The van der Waals surface area contributed by atoms with Crippen LogP contribution in [-0.2, 0) is 20.8 Å². The third-order valence-electron chi connectivity index (χ3n) is 3.11. The first-order valence-corrected chi connectivity index (χ1v) is 7.02. The van der Waals surface area contributed by atoms with Gasteiger partial charge in [-0.3, -0.25) is 0 Å². The molecule has 1 aromatic rings. The van der Waals surface area contributed by atoms with Crippen molar-refractivity contribution in [2.45, 2.75) is 13.0 Å². The van der Waals surface area contributed by atoms with Crippen molar-refractivity contribution in [3.8, 4) is 0 Å². The summed E-state index contributed by atoms with van der Waals surface area (Å²) in [5.74, 6) is 0.171. The van der Waals surface area contributed by atoms with Crippen molar-refractivity contribution in [1.29, 1.82) is 0 Å². The van der Waals surface area contributed by atoms with Crippen molar-refractivity contribution in [2.75, 3.05) is 26.9 Å². The average molecular weight is 329 g/mol. The first-order chi connectivity index (χ1) is 9.20. The number of esters is 1. The first kappa shape index (κ1) is 14.5. The quantitative estimate of drug-likeness (QED) is 0.779. The lowest BCUT2D eigenvalue weighted by molar-refractivity contribution is 0.0600.